The van der Waals surface area contributed by atoms with Crippen LogP contribution in [0.15, 0.2) is 42.4 Å². The number of benzene rings is 1. The number of nitrogens with one attached hydrogen (secondary N) is 1. The van der Waals surface area contributed by atoms with E-state index in [-0.39, 0.29) is 23.9 Å². The zero-order valence-electron chi connectivity index (χ0n) is 12.3. The topological polar surface area (TPSA) is 98.4 Å². The molecule has 0 atom stereocenters. The number of hydrogen-bond acceptors (Lipinski definition) is 5. The molecule has 0 spiro atoms. The van der Waals surface area contributed by atoms with Crippen LogP contribution in [0.3, 0.4) is 0 Å². The summed E-state index contributed by atoms with van der Waals surface area (Å²) in [6.07, 6.45) is 4.38. The molecule has 2 heterocycles. The van der Waals surface area contributed by atoms with Crippen LogP contribution in [0.1, 0.15) is 11.1 Å². The molecule has 3 rings (SSSR count). The molecule has 7 heteroatoms. The Morgan fingerprint density at radius 3 is 2.88 bits per heavy atom. The highest BCUT2D eigenvalue weighted by atomic mass is 19.1. The van der Waals surface area contributed by atoms with Crippen molar-refractivity contribution in [3.05, 3.63) is 59.3 Å². The van der Waals surface area contributed by atoms with Crippen molar-refractivity contribution in [1.82, 2.24) is 15.0 Å². The molecule has 24 heavy (non-hydrogen) atoms. The molecule has 0 bridgehead atoms. The SMILES string of the molecule is N#CC(C#N)=Cc1c[nH]c2ncnc(OCc3cccc(F)c3)c12. The average molecular weight is 319 g/mol. The normalized spacial score (nSPS) is 9.96. The van der Waals surface area contributed by atoms with Gasteiger partial charge in [-0.1, -0.05) is 12.1 Å². The number of aromatic nitrogens is 3. The average Bonchev–Trinajstić information content (AvgIpc) is 3.01. The lowest BCUT2D eigenvalue weighted by atomic mass is 10.1. The molecule has 0 saturated heterocycles. The van der Waals surface area contributed by atoms with Crippen LogP contribution in [0.4, 0.5) is 4.39 Å². The van der Waals surface area contributed by atoms with Crippen LogP contribution in [0.25, 0.3) is 17.1 Å². The van der Waals surface area contributed by atoms with E-state index in [9.17, 15) is 4.39 Å². The van der Waals surface area contributed by atoms with Crippen LogP contribution in [0.5, 0.6) is 5.88 Å². The molecule has 3 aromatic rings. The number of allylic oxidation sites excluding steroid dienone is 1. The molecule has 0 unspecified atom stereocenters. The third-order valence-electron chi connectivity index (χ3n) is 3.27. The number of hydrogen-bond donors (Lipinski definition) is 1. The van der Waals surface area contributed by atoms with Crippen molar-refractivity contribution >= 4 is 17.1 Å². The Morgan fingerprint density at radius 1 is 1.29 bits per heavy atom. The Morgan fingerprint density at radius 2 is 2.12 bits per heavy atom. The highest BCUT2D eigenvalue weighted by Gasteiger charge is 2.12. The van der Waals surface area contributed by atoms with Crippen molar-refractivity contribution in [2.75, 3.05) is 0 Å². The number of aromatic amines is 1. The summed E-state index contributed by atoms with van der Waals surface area (Å²) in [4.78, 5) is 11.1. The molecule has 0 fully saturated rings. The maximum Gasteiger partial charge on any atom is 0.227 e. The van der Waals surface area contributed by atoms with Gasteiger partial charge in [-0.05, 0) is 23.8 Å². The van der Waals surface area contributed by atoms with Gasteiger partial charge in [-0.2, -0.15) is 10.5 Å². The second-order valence-electron chi connectivity index (χ2n) is 4.85. The van der Waals surface area contributed by atoms with Crippen molar-refractivity contribution in [3.63, 3.8) is 0 Å². The smallest absolute Gasteiger partial charge is 0.227 e. The van der Waals surface area contributed by atoms with Gasteiger partial charge < -0.3 is 9.72 Å². The van der Waals surface area contributed by atoms with Crippen LogP contribution in [0, 0.1) is 28.5 Å². The summed E-state index contributed by atoms with van der Waals surface area (Å²) in [5.74, 6) is -0.0612. The Balaban J connectivity index is 1.96. The van der Waals surface area contributed by atoms with Crippen molar-refractivity contribution in [3.8, 4) is 18.0 Å². The summed E-state index contributed by atoms with van der Waals surface area (Å²) in [7, 11) is 0. The summed E-state index contributed by atoms with van der Waals surface area (Å²) in [6, 6.07) is 9.67. The quantitative estimate of drug-likeness (QED) is 0.745. The maximum absolute atomic E-state index is 13.2. The Hall–Kier alpha value is -3.71. The lowest BCUT2D eigenvalue weighted by Crippen LogP contribution is -1.99. The predicted octanol–water partition coefficient (Wildman–Crippen LogP) is 3.11. The zero-order chi connectivity index (χ0) is 16.9. The lowest BCUT2D eigenvalue weighted by Gasteiger charge is -2.07. The molecule has 0 radical (unpaired) electrons. The van der Waals surface area contributed by atoms with E-state index in [1.165, 1.54) is 24.5 Å². The lowest BCUT2D eigenvalue weighted by molar-refractivity contribution is 0.297. The fraction of sp³-hybridized carbons (Fsp3) is 0.0588. The number of halogens is 1. The summed E-state index contributed by atoms with van der Waals surface area (Å²) in [5.41, 5.74) is 1.69. The third kappa shape index (κ3) is 3.06. The van der Waals surface area contributed by atoms with Gasteiger partial charge in [0.1, 0.15) is 42.1 Å². The number of rotatable bonds is 4. The first-order valence-electron chi connectivity index (χ1n) is 6.92. The van der Waals surface area contributed by atoms with Crippen LogP contribution < -0.4 is 4.74 Å². The van der Waals surface area contributed by atoms with Gasteiger partial charge in [-0.15, -0.1) is 0 Å². The number of nitriles is 2. The molecular formula is C17H10FN5O. The van der Waals surface area contributed by atoms with Crippen molar-refractivity contribution < 1.29 is 9.13 Å². The molecule has 0 amide bonds. The Kier molecular flexibility index (Phi) is 4.17. The van der Waals surface area contributed by atoms with Gasteiger partial charge in [0.05, 0.1) is 5.39 Å². The number of H-pyrrole nitrogens is 1. The standard InChI is InChI=1S/C17H10FN5O/c18-14-3-1-2-11(5-14)9-24-17-15-13(4-12(6-19)7-20)8-21-16(15)22-10-23-17/h1-5,8,10H,9H2,(H,21,22,23). The first-order chi connectivity index (χ1) is 11.7. The van der Waals surface area contributed by atoms with Gasteiger partial charge in [0.2, 0.25) is 5.88 Å². The summed E-state index contributed by atoms with van der Waals surface area (Å²) in [5, 5.41) is 18.3. The van der Waals surface area contributed by atoms with Gasteiger partial charge in [-0.3, -0.25) is 0 Å². The predicted molar refractivity (Wildman–Crippen MR) is 83.8 cm³/mol. The zero-order valence-corrected chi connectivity index (χ0v) is 12.3. The number of ether oxygens (including phenoxy) is 1. The van der Waals surface area contributed by atoms with E-state index >= 15 is 0 Å². The van der Waals surface area contributed by atoms with Crippen LogP contribution in [-0.2, 0) is 6.61 Å². The van der Waals surface area contributed by atoms with Crippen molar-refractivity contribution in [2.24, 2.45) is 0 Å². The van der Waals surface area contributed by atoms with E-state index in [0.29, 0.717) is 22.2 Å². The second-order valence-corrected chi connectivity index (χ2v) is 4.85. The van der Waals surface area contributed by atoms with E-state index < -0.39 is 0 Å². The third-order valence-corrected chi connectivity index (χ3v) is 3.27. The molecule has 6 nitrogen and oxygen atoms in total. The van der Waals surface area contributed by atoms with Crippen LogP contribution in [-0.4, -0.2) is 15.0 Å². The molecule has 2 aromatic heterocycles. The van der Waals surface area contributed by atoms with Gasteiger partial charge in [0.25, 0.3) is 0 Å². The summed E-state index contributed by atoms with van der Waals surface area (Å²) < 4.78 is 18.9. The fourth-order valence-corrected chi connectivity index (χ4v) is 2.20. The first-order valence-corrected chi connectivity index (χ1v) is 6.92. The highest BCUT2D eigenvalue weighted by Crippen LogP contribution is 2.27. The summed E-state index contributed by atoms with van der Waals surface area (Å²) >= 11 is 0. The molecule has 0 aliphatic carbocycles. The van der Waals surface area contributed by atoms with Gasteiger partial charge in [-0.25, -0.2) is 14.4 Å². The fourth-order valence-electron chi connectivity index (χ4n) is 2.20. The second kappa shape index (κ2) is 6.59. The Labute approximate surface area is 136 Å². The molecule has 116 valence electrons. The van der Waals surface area contributed by atoms with Crippen molar-refractivity contribution in [2.45, 2.75) is 6.61 Å². The monoisotopic (exact) mass is 319 g/mol. The van der Waals surface area contributed by atoms with E-state index in [1.54, 1.807) is 30.5 Å². The minimum Gasteiger partial charge on any atom is -0.472 e. The molecule has 1 N–H and O–H groups in total. The van der Waals surface area contributed by atoms with E-state index in [4.69, 9.17) is 15.3 Å². The minimum absolute atomic E-state index is 0.0455. The maximum atomic E-state index is 13.2. The first kappa shape index (κ1) is 15.2. The van der Waals surface area contributed by atoms with Gasteiger partial charge >= 0.3 is 0 Å². The Bertz CT molecular complexity index is 994. The van der Waals surface area contributed by atoms with Crippen LogP contribution in [0.2, 0.25) is 0 Å². The van der Waals surface area contributed by atoms with E-state index in [1.807, 2.05) is 0 Å². The number of nitrogens with zero attached hydrogens (tertiary/aromatic N) is 4. The number of fused-ring (bicyclic) bond motifs is 1. The minimum atomic E-state index is -0.345. The molecule has 0 aliphatic rings. The molecule has 1 aromatic carbocycles. The van der Waals surface area contributed by atoms with Crippen LogP contribution >= 0.6 is 0 Å². The molecule has 0 aliphatic heterocycles. The summed E-state index contributed by atoms with van der Waals surface area (Å²) in [6.45, 7) is 0.127. The van der Waals surface area contributed by atoms with Gasteiger partial charge in [0.15, 0.2) is 0 Å². The largest absolute Gasteiger partial charge is 0.472 e. The van der Waals surface area contributed by atoms with Crippen molar-refractivity contribution in [1.29, 1.82) is 10.5 Å². The van der Waals surface area contributed by atoms with Gasteiger partial charge in [0, 0.05) is 11.8 Å². The van der Waals surface area contributed by atoms with E-state index in [0.717, 1.165) is 0 Å². The highest BCUT2D eigenvalue weighted by molar-refractivity contribution is 5.91. The molecule has 0 saturated carbocycles. The van der Waals surface area contributed by atoms with E-state index in [2.05, 4.69) is 15.0 Å². The molecular weight excluding hydrogens is 309 g/mol.